The first-order valence-electron chi connectivity index (χ1n) is 8.10. The number of benzene rings is 1. The summed E-state index contributed by atoms with van der Waals surface area (Å²) in [6.45, 7) is 2.85. The summed E-state index contributed by atoms with van der Waals surface area (Å²) in [4.78, 5) is 49.0. The van der Waals surface area contributed by atoms with Gasteiger partial charge in [-0.3, -0.25) is 14.5 Å². The number of hydrogen-bond acceptors (Lipinski definition) is 5. The van der Waals surface area contributed by atoms with E-state index in [0.29, 0.717) is 0 Å². The van der Waals surface area contributed by atoms with Crippen LogP contribution in [0.25, 0.3) is 0 Å². The van der Waals surface area contributed by atoms with E-state index >= 15 is 0 Å². The zero-order valence-electron chi connectivity index (χ0n) is 14.5. The number of imide groups is 1. The third-order valence-corrected chi connectivity index (χ3v) is 3.84. The van der Waals surface area contributed by atoms with Crippen LogP contribution in [-0.4, -0.2) is 64.1 Å². The molecule has 1 aliphatic heterocycles. The molecule has 1 saturated heterocycles. The van der Waals surface area contributed by atoms with Gasteiger partial charge in [0.1, 0.15) is 19.2 Å². The highest BCUT2D eigenvalue weighted by molar-refractivity contribution is 6.03. The van der Waals surface area contributed by atoms with Crippen molar-refractivity contribution in [2.24, 2.45) is 0 Å². The van der Waals surface area contributed by atoms with E-state index in [-0.39, 0.29) is 19.2 Å². The van der Waals surface area contributed by atoms with Gasteiger partial charge in [0.15, 0.2) is 0 Å². The zero-order chi connectivity index (χ0) is 19.3. The third kappa shape index (κ3) is 4.71. The highest BCUT2D eigenvalue weighted by atomic mass is 16.5. The standard InChI is InChI=1S/C17H21N3O6/c1-11(2)19(9-14(21)22)17(25)20-8-13(15(20)23)18-16(24)26-10-12-6-4-3-5-7-12/h3-7,11,13H,8-10H2,1-2H3,(H,18,24)(H,21,22)/t13-/m0/s1. The van der Waals surface area contributed by atoms with E-state index in [1.807, 2.05) is 18.2 Å². The molecule has 1 aromatic rings. The van der Waals surface area contributed by atoms with Crippen molar-refractivity contribution >= 4 is 24.0 Å². The normalized spacial score (nSPS) is 16.0. The van der Waals surface area contributed by atoms with E-state index in [0.717, 1.165) is 15.4 Å². The second-order valence-electron chi connectivity index (χ2n) is 6.11. The minimum atomic E-state index is -1.17. The number of aliphatic carboxylic acids is 1. The molecule has 1 aliphatic rings. The van der Waals surface area contributed by atoms with E-state index in [1.165, 1.54) is 0 Å². The Labute approximate surface area is 150 Å². The lowest BCUT2D eigenvalue weighted by molar-refractivity contribution is -0.142. The molecule has 0 aromatic heterocycles. The first kappa shape index (κ1) is 19.2. The number of hydrogen-bond donors (Lipinski definition) is 2. The number of ether oxygens (including phenoxy) is 1. The van der Waals surface area contributed by atoms with Gasteiger partial charge in [-0.1, -0.05) is 30.3 Å². The average molecular weight is 363 g/mol. The van der Waals surface area contributed by atoms with Crippen LogP contribution >= 0.6 is 0 Å². The minimum Gasteiger partial charge on any atom is -0.480 e. The molecule has 0 radical (unpaired) electrons. The summed E-state index contributed by atoms with van der Waals surface area (Å²) in [6, 6.07) is 7.13. The van der Waals surface area contributed by atoms with Crippen molar-refractivity contribution in [2.75, 3.05) is 13.1 Å². The molecule has 26 heavy (non-hydrogen) atoms. The number of nitrogens with zero attached hydrogens (tertiary/aromatic N) is 2. The number of carbonyl (C=O) groups excluding carboxylic acids is 3. The van der Waals surface area contributed by atoms with Crippen molar-refractivity contribution in [3.05, 3.63) is 35.9 Å². The van der Waals surface area contributed by atoms with E-state index in [4.69, 9.17) is 9.84 Å². The Balaban J connectivity index is 1.82. The number of likely N-dealkylation sites (tertiary alicyclic amines) is 1. The molecule has 0 saturated carbocycles. The lowest BCUT2D eigenvalue weighted by Crippen LogP contribution is -2.68. The number of carboxylic acid groups (broad SMARTS) is 1. The molecule has 1 atom stereocenters. The molecule has 0 bridgehead atoms. The van der Waals surface area contributed by atoms with Crippen LogP contribution in [0.3, 0.4) is 0 Å². The van der Waals surface area contributed by atoms with E-state index in [2.05, 4.69) is 5.32 Å². The summed E-state index contributed by atoms with van der Waals surface area (Å²) in [7, 11) is 0. The molecule has 4 amide bonds. The first-order valence-corrected chi connectivity index (χ1v) is 8.10. The van der Waals surface area contributed by atoms with Crippen LogP contribution < -0.4 is 5.32 Å². The Morgan fingerprint density at radius 1 is 1.31 bits per heavy atom. The van der Waals surface area contributed by atoms with Gasteiger partial charge in [-0.15, -0.1) is 0 Å². The van der Waals surface area contributed by atoms with Crippen LogP contribution in [0.1, 0.15) is 19.4 Å². The number of carboxylic acids is 1. The second-order valence-corrected chi connectivity index (χ2v) is 6.11. The topological polar surface area (TPSA) is 116 Å². The summed E-state index contributed by atoms with van der Waals surface area (Å²) >= 11 is 0. The molecule has 9 heteroatoms. The number of rotatable bonds is 6. The second kappa shape index (κ2) is 8.32. The van der Waals surface area contributed by atoms with Gasteiger partial charge in [0.2, 0.25) is 0 Å². The van der Waals surface area contributed by atoms with Crippen LogP contribution in [0.4, 0.5) is 9.59 Å². The van der Waals surface area contributed by atoms with Crippen LogP contribution in [0.5, 0.6) is 0 Å². The zero-order valence-corrected chi connectivity index (χ0v) is 14.5. The Morgan fingerprint density at radius 3 is 2.50 bits per heavy atom. The molecule has 140 valence electrons. The smallest absolute Gasteiger partial charge is 0.408 e. The molecule has 2 N–H and O–H groups in total. The van der Waals surface area contributed by atoms with Gasteiger partial charge in [0.25, 0.3) is 5.91 Å². The predicted molar refractivity (Wildman–Crippen MR) is 90.1 cm³/mol. The fourth-order valence-electron chi connectivity index (χ4n) is 2.38. The van der Waals surface area contributed by atoms with Crippen LogP contribution in [0, 0.1) is 0 Å². The number of nitrogens with one attached hydrogen (secondary N) is 1. The summed E-state index contributed by atoms with van der Waals surface area (Å²) in [5.74, 6) is -1.76. The van der Waals surface area contributed by atoms with Crippen molar-refractivity contribution in [1.82, 2.24) is 15.1 Å². The van der Waals surface area contributed by atoms with E-state index < -0.39 is 36.6 Å². The molecule has 1 heterocycles. The number of amides is 4. The maximum Gasteiger partial charge on any atom is 0.408 e. The predicted octanol–water partition coefficient (Wildman–Crippen LogP) is 1.04. The summed E-state index contributed by atoms with van der Waals surface area (Å²) in [5, 5.41) is 11.3. The van der Waals surface area contributed by atoms with Crippen molar-refractivity contribution in [1.29, 1.82) is 0 Å². The molecule has 1 fully saturated rings. The first-order chi connectivity index (χ1) is 12.3. The largest absolute Gasteiger partial charge is 0.480 e. The fourth-order valence-corrected chi connectivity index (χ4v) is 2.38. The highest BCUT2D eigenvalue weighted by Gasteiger charge is 2.44. The van der Waals surface area contributed by atoms with Gasteiger partial charge in [-0.25, -0.2) is 9.59 Å². The number of urea groups is 1. The Morgan fingerprint density at radius 2 is 1.96 bits per heavy atom. The van der Waals surface area contributed by atoms with Crippen molar-refractivity contribution in [2.45, 2.75) is 32.5 Å². The van der Waals surface area contributed by atoms with E-state index in [1.54, 1.807) is 26.0 Å². The van der Waals surface area contributed by atoms with Crippen LogP contribution in [-0.2, 0) is 20.9 Å². The van der Waals surface area contributed by atoms with Crippen LogP contribution in [0.2, 0.25) is 0 Å². The molecule has 9 nitrogen and oxygen atoms in total. The molecule has 1 aromatic carbocycles. The quantitative estimate of drug-likeness (QED) is 0.730. The Kier molecular flexibility index (Phi) is 6.16. The maximum atomic E-state index is 12.3. The summed E-state index contributed by atoms with van der Waals surface area (Å²) < 4.78 is 5.02. The molecule has 2 rings (SSSR count). The monoisotopic (exact) mass is 363 g/mol. The van der Waals surface area contributed by atoms with Gasteiger partial charge in [0.05, 0.1) is 6.54 Å². The van der Waals surface area contributed by atoms with E-state index in [9.17, 15) is 19.2 Å². The Hall–Kier alpha value is -3.10. The molecular formula is C17H21N3O6. The maximum absolute atomic E-state index is 12.3. The third-order valence-electron chi connectivity index (χ3n) is 3.84. The molecule has 0 spiro atoms. The fraction of sp³-hybridized carbons (Fsp3) is 0.412. The molecular weight excluding hydrogens is 342 g/mol. The number of β-lactam (4-membered cyclic amide) rings is 1. The highest BCUT2D eigenvalue weighted by Crippen LogP contribution is 2.15. The lowest BCUT2D eigenvalue weighted by Gasteiger charge is -2.40. The SMILES string of the molecule is CC(C)N(CC(=O)O)C(=O)N1C[C@H](NC(=O)OCc2ccccc2)C1=O. The van der Waals surface area contributed by atoms with Crippen LogP contribution in [0.15, 0.2) is 30.3 Å². The van der Waals surface area contributed by atoms with Crippen molar-refractivity contribution in [3.63, 3.8) is 0 Å². The average Bonchev–Trinajstić information content (AvgIpc) is 2.60. The van der Waals surface area contributed by atoms with Gasteiger partial charge < -0.3 is 20.1 Å². The van der Waals surface area contributed by atoms with Gasteiger partial charge in [-0.2, -0.15) is 0 Å². The summed E-state index contributed by atoms with van der Waals surface area (Å²) in [6.07, 6.45) is -0.759. The molecule has 0 unspecified atom stereocenters. The van der Waals surface area contributed by atoms with Gasteiger partial charge in [-0.05, 0) is 19.4 Å². The van der Waals surface area contributed by atoms with Crippen molar-refractivity contribution < 1.29 is 29.0 Å². The molecule has 0 aliphatic carbocycles. The van der Waals surface area contributed by atoms with Crippen molar-refractivity contribution in [3.8, 4) is 0 Å². The Bertz CT molecular complexity index is 691. The minimum absolute atomic E-state index is 0.0268. The van der Waals surface area contributed by atoms with Gasteiger partial charge in [0, 0.05) is 6.04 Å². The summed E-state index contributed by atoms with van der Waals surface area (Å²) in [5.41, 5.74) is 0.806. The number of carbonyl (C=O) groups is 4. The van der Waals surface area contributed by atoms with Gasteiger partial charge >= 0.3 is 18.1 Å². The number of alkyl carbamates (subject to hydrolysis) is 1. The lowest BCUT2D eigenvalue weighted by atomic mass is 10.1.